The highest BCUT2D eigenvalue weighted by molar-refractivity contribution is 8.00. The second-order valence-electron chi connectivity index (χ2n) is 4.78. The van der Waals surface area contributed by atoms with Crippen molar-refractivity contribution in [1.29, 1.82) is 0 Å². The summed E-state index contributed by atoms with van der Waals surface area (Å²) < 4.78 is 7.32. The van der Waals surface area contributed by atoms with E-state index in [2.05, 4.69) is 5.10 Å². The minimum atomic E-state index is -0.936. The van der Waals surface area contributed by atoms with Crippen LogP contribution in [0, 0.1) is 0 Å². The van der Waals surface area contributed by atoms with Gasteiger partial charge in [-0.2, -0.15) is 16.9 Å². The van der Waals surface area contributed by atoms with Crippen LogP contribution < -0.4 is 0 Å². The largest absolute Gasteiger partial charge is 0.476 e. The molecule has 1 aromatic rings. The molecule has 0 saturated carbocycles. The maximum atomic E-state index is 11.1. The van der Waals surface area contributed by atoms with Crippen LogP contribution in [0.25, 0.3) is 0 Å². The van der Waals surface area contributed by atoms with E-state index in [-0.39, 0.29) is 5.69 Å². The maximum Gasteiger partial charge on any atom is 0.356 e. The highest BCUT2D eigenvalue weighted by atomic mass is 32.2. The summed E-state index contributed by atoms with van der Waals surface area (Å²) in [5, 5.41) is 13.4. The molecule has 3 rings (SSSR count). The van der Waals surface area contributed by atoms with Crippen LogP contribution in [-0.4, -0.2) is 45.6 Å². The summed E-state index contributed by atoms with van der Waals surface area (Å²) in [5.74, 6) is 1.53. The third-order valence-corrected chi connectivity index (χ3v) is 4.83. The molecule has 5 nitrogen and oxygen atoms in total. The number of carboxylic acid groups (broad SMARTS) is 1. The van der Waals surface area contributed by atoms with E-state index in [9.17, 15) is 4.79 Å². The first-order valence-electron chi connectivity index (χ1n) is 6.24. The van der Waals surface area contributed by atoms with E-state index >= 15 is 0 Å². The smallest absolute Gasteiger partial charge is 0.356 e. The standard InChI is InChI=1S/C12H16N2O3S/c15-12(16)10-5-11(8-1-3-17-4-2-8)14(13-10)9-6-18-7-9/h5,8-9H,1-4,6-7H2,(H,15,16). The molecule has 0 spiro atoms. The lowest BCUT2D eigenvalue weighted by atomic mass is 9.96. The molecule has 0 unspecified atom stereocenters. The zero-order valence-electron chi connectivity index (χ0n) is 10.0. The van der Waals surface area contributed by atoms with Crippen LogP contribution in [0.3, 0.4) is 0 Å². The normalized spacial score (nSPS) is 21.8. The van der Waals surface area contributed by atoms with Gasteiger partial charge in [0.05, 0.1) is 6.04 Å². The number of rotatable bonds is 3. The molecule has 0 atom stereocenters. The maximum absolute atomic E-state index is 11.1. The number of hydrogen-bond donors (Lipinski definition) is 1. The topological polar surface area (TPSA) is 64.3 Å². The van der Waals surface area contributed by atoms with Crippen LogP contribution in [0.5, 0.6) is 0 Å². The van der Waals surface area contributed by atoms with E-state index in [1.165, 1.54) is 0 Å². The van der Waals surface area contributed by atoms with Gasteiger partial charge < -0.3 is 9.84 Å². The molecule has 6 heteroatoms. The highest BCUT2D eigenvalue weighted by Gasteiger charge is 2.29. The second kappa shape index (κ2) is 4.93. The fraction of sp³-hybridized carbons (Fsp3) is 0.667. The van der Waals surface area contributed by atoms with Gasteiger partial charge in [0.15, 0.2) is 5.69 Å². The molecule has 98 valence electrons. The number of carbonyl (C=O) groups is 1. The number of nitrogens with zero attached hydrogens (tertiary/aromatic N) is 2. The SMILES string of the molecule is O=C(O)c1cc(C2CCOCC2)n(C2CSC2)n1. The molecule has 2 aliphatic rings. The van der Waals surface area contributed by atoms with Crippen molar-refractivity contribution in [2.24, 2.45) is 0 Å². The van der Waals surface area contributed by atoms with Crippen LogP contribution in [0.15, 0.2) is 6.07 Å². The van der Waals surface area contributed by atoms with Crippen molar-refractivity contribution in [3.63, 3.8) is 0 Å². The van der Waals surface area contributed by atoms with Crippen molar-refractivity contribution in [1.82, 2.24) is 9.78 Å². The van der Waals surface area contributed by atoms with Gasteiger partial charge in [0.1, 0.15) is 0 Å². The molecule has 18 heavy (non-hydrogen) atoms. The van der Waals surface area contributed by atoms with E-state index in [0.29, 0.717) is 12.0 Å². The number of carboxylic acids is 1. The third kappa shape index (κ3) is 2.14. The van der Waals surface area contributed by atoms with Crippen LogP contribution >= 0.6 is 11.8 Å². The van der Waals surface area contributed by atoms with Crippen LogP contribution in [0.1, 0.15) is 41.0 Å². The lowest BCUT2D eigenvalue weighted by Gasteiger charge is -2.30. The van der Waals surface area contributed by atoms with Crippen molar-refractivity contribution in [3.8, 4) is 0 Å². The Labute approximate surface area is 110 Å². The van der Waals surface area contributed by atoms with Crippen LogP contribution in [-0.2, 0) is 4.74 Å². The van der Waals surface area contributed by atoms with Gasteiger partial charge in [-0.25, -0.2) is 4.79 Å². The minimum absolute atomic E-state index is 0.174. The summed E-state index contributed by atoms with van der Waals surface area (Å²) in [6.45, 7) is 1.52. The third-order valence-electron chi connectivity index (χ3n) is 3.59. The fourth-order valence-electron chi connectivity index (χ4n) is 2.47. The van der Waals surface area contributed by atoms with E-state index in [1.807, 2.05) is 16.4 Å². The van der Waals surface area contributed by atoms with Crippen molar-refractivity contribution >= 4 is 17.7 Å². The zero-order chi connectivity index (χ0) is 12.5. The number of aromatic carboxylic acids is 1. The summed E-state index contributed by atoms with van der Waals surface area (Å²) in [6, 6.07) is 2.13. The monoisotopic (exact) mass is 268 g/mol. The first-order chi connectivity index (χ1) is 8.75. The highest BCUT2D eigenvalue weighted by Crippen LogP contribution is 2.35. The Balaban J connectivity index is 1.91. The Hall–Kier alpha value is -1.01. The van der Waals surface area contributed by atoms with E-state index in [0.717, 1.165) is 43.3 Å². The van der Waals surface area contributed by atoms with Gasteiger partial charge in [-0.15, -0.1) is 0 Å². The van der Waals surface area contributed by atoms with Gasteiger partial charge >= 0.3 is 5.97 Å². The van der Waals surface area contributed by atoms with Gasteiger partial charge in [-0.3, -0.25) is 4.68 Å². The Morgan fingerprint density at radius 1 is 1.44 bits per heavy atom. The molecule has 0 aliphatic carbocycles. The summed E-state index contributed by atoms with van der Waals surface area (Å²) >= 11 is 1.88. The molecule has 0 radical (unpaired) electrons. The summed E-state index contributed by atoms with van der Waals surface area (Å²) in [5.41, 5.74) is 1.26. The quantitative estimate of drug-likeness (QED) is 0.905. The number of aromatic nitrogens is 2. The van der Waals surface area contributed by atoms with Crippen molar-refractivity contribution < 1.29 is 14.6 Å². The molecular weight excluding hydrogens is 252 g/mol. The van der Waals surface area contributed by atoms with Crippen molar-refractivity contribution in [2.75, 3.05) is 24.7 Å². The Morgan fingerprint density at radius 2 is 2.17 bits per heavy atom. The van der Waals surface area contributed by atoms with Gasteiger partial charge in [0.25, 0.3) is 0 Å². The predicted molar refractivity (Wildman–Crippen MR) is 68.3 cm³/mol. The average molecular weight is 268 g/mol. The first-order valence-corrected chi connectivity index (χ1v) is 7.39. The molecule has 3 heterocycles. The number of ether oxygens (including phenoxy) is 1. The van der Waals surface area contributed by atoms with E-state index in [4.69, 9.17) is 9.84 Å². The van der Waals surface area contributed by atoms with Crippen LogP contribution in [0.4, 0.5) is 0 Å². The summed E-state index contributed by atoms with van der Waals surface area (Å²) in [4.78, 5) is 11.1. The fourth-order valence-corrected chi connectivity index (χ4v) is 3.20. The van der Waals surface area contributed by atoms with Crippen molar-refractivity contribution in [3.05, 3.63) is 17.5 Å². The molecule has 0 bridgehead atoms. The molecule has 2 aliphatic heterocycles. The Bertz CT molecular complexity index is 450. The first kappa shape index (κ1) is 12.0. The lowest BCUT2D eigenvalue weighted by molar-refractivity contribution is 0.0689. The Morgan fingerprint density at radius 3 is 2.72 bits per heavy atom. The second-order valence-corrected chi connectivity index (χ2v) is 5.86. The molecule has 2 saturated heterocycles. The van der Waals surface area contributed by atoms with E-state index < -0.39 is 5.97 Å². The average Bonchev–Trinajstić information content (AvgIpc) is 2.73. The van der Waals surface area contributed by atoms with E-state index in [1.54, 1.807) is 6.07 Å². The molecule has 1 aromatic heterocycles. The molecule has 0 aromatic carbocycles. The van der Waals surface area contributed by atoms with Gasteiger partial charge in [0.2, 0.25) is 0 Å². The predicted octanol–water partition coefficient (Wildman–Crippen LogP) is 1.76. The van der Waals surface area contributed by atoms with Gasteiger partial charge in [-0.1, -0.05) is 0 Å². The summed E-state index contributed by atoms with van der Waals surface area (Å²) in [6.07, 6.45) is 1.93. The molecule has 0 amide bonds. The summed E-state index contributed by atoms with van der Waals surface area (Å²) in [7, 11) is 0. The molecule has 2 fully saturated rings. The van der Waals surface area contributed by atoms with Crippen LogP contribution in [0.2, 0.25) is 0 Å². The zero-order valence-corrected chi connectivity index (χ0v) is 10.9. The molecule has 1 N–H and O–H groups in total. The number of hydrogen-bond acceptors (Lipinski definition) is 4. The van der Waals surface area contributed by atoms with Gasteiger partial charge in [-0.05, 0) is 18.9 Å². The van der Waals surface area contributed by atoms with Gasteiger partial charge in [0, 0.05) is 36.3 Å². The Kier molecular flexibility index (Phi) is 3.30. The lowest BCUT2D eigenvalue weighted by Crippen LogP contribution is -2.27. The minimum Gasteiger partial charge on any atom is -0.476 e. The molecular formula is C12H16N2O3S. The number of thioether (sulfide) groups is 1. The van der Waals surface area contributed by atoms with Crippen molar-refractivity contribution in [2.45, 2.75) is 24.8 Å².